The molecule has 0 fully saturated rings. The van der Waals surface area contributed by atoms with Crippen LogP contribution in [0.4, 0.5) is 4.79 Å². The molecule has 7 N–H and O–H groups in total. The van der Waals surface area contributed by atoms with Crippen LogP contribution in [0.1, 0.15) is 61.5 Å². The van der Waals surface area contributed by atoms with Crippen molar-refractivity contribution >= 4 is 35.6 Å². The van der Waals surface area contributed by atoms with E-state index in [9.17, 15) is 28.8 Å². The topological polar surface area (TPSA) is 192 Å². The van der Waals surface area contributed by atoms with Gasteiger partial charge in [0.05, 0.1) is 6.54 Å². The zero-order chi connectivity index (χ0) is 33.6. The van der Waals surface area contributed by atoms with Crippen LogP contribution in [-0.2, 0) is 32.1 Å². The Morgan fingerprint density at radius 3 is 2.22 bits per heavy atom. The first-order valence-electron chi connectivity index (χ1n) is 15.6. The van der Waals surface area contributed by atoms with Gasteiger partial charge in [-0.2, -0.15) is 0 Å². The van der Waals surface area contributed by atoms with E-state index in [0.29, 0.717) is 37.9 Å². The highest BCUT2D eigenvalue weighted by molar-refractivity contribution is 5.99. The van der Waals surface area contributed by atoms with Crippen molar-refractivity contribution in [2.75, 3.05) is 19.6 Å². The molecule has 2 heterocycles. The Hall–Kier alpha value is -4.94. The lowest BCUT2D eigenvalue weighted by Crippen LogP contribution is -2.57. The van der Waals surface area contributed by atoms with E-state index in [2.05, 4.69) is 26.6 Å². The Morgan fingerprint density at radius 2 is 1.57 bits per heavy atom. The number of hydrogen-bond donors (Lipinski definition) is 6. The van der Waals surface area contributed by atoms with Crippen molar-refractivity contribution in [1.29, 1.82) is 0 Å². The van der Waals surface area contributed by atoms with Gasteiger partial charge in [0.1, 0.15) is 18.1 Å². The quantitative estimate of drug-likeness (QED) is 0.256. The molecule has 0 radical (unpaired) electrons. The summed E-state index contributed by atoms with van der Waals surface area (Å²) in [6.45, 7) is 6.01. The Morgan fingerprint density at radius 1 is 0.891 bits per heavy atom. The highest BCUT2D eigenvalue weighted by Crippen LogP contribution is 2.12. The van der Waals surface area contributed by atoms with E-state index in [1.165, 1.54) is 0 Å². The smallest absolute Gasteiger partial charge is 0.312 e. The first-order valence-corrected chi connectivity index (χ1v) is 15.6. The maximum atomic E-state index is 13.7. The number of carbonyl (C=O) groups is 6. The minimum Gasteiger partial charge on any atom is -0.354 e. The number of hydrogen-bond acceptors (Lipinski definition) is 6. The van der Waals surface area contributed by atoms with Crippen molar-refractivity contribution in [2.24, 2.45) is 11.7 Å². The van der Waals surface area contributed by atoms with Crippen LogP contribution in [0.15, 0.2) is 54.6 Å². The number of rotatable bonds is 6. The minimum absolute atomic E-state index is 0.0494. The van der Waals surface area contributed by atoms with E-state index in [0.717, 1.165) is 11.1 Å². The van der Waals surface area contributed by atoms with Crippen molar-refractivity contribution < 1.29 is 28.8 Å². The largest absolute Gasteiger partial charge is 0.354 e. The lowest BCUT2D eigenvalue weighted by Gasteiger charge is -2.25. The lowest BCUT2D eigenvalue weighted by atomic mass is 10.0. The van der Waals surface area contributed by atoms with Gasteiger partial charge in [0.15, 0.2) is 0 Å². The molecule has 13 nitrogen and oxygen atoms in total. The molecule has 0 aliphatic carbocycles. The molecule has 46 heavy (non-hydrogen) atoms. The second-order valence-corrected chi connectivity index (χ2v) is 11.9. The summed E-state index contributed by atoms with van der Waals surface area (Å²) in [5.74, 6) is -2.20. The van der Waals surface area contributed by atoms with E-state index in [1.54, 1.807) is 36.1 Å². The highest BCUT2D eigenvalue weighted by atomic mass is 16.2. The molecular weight excluding hydrogens is 590 g/mol. The first kappa shape index (κ1) is 35.5. The molecule has 0 spiro atoms. The Labute approximate surface area is 269 Å². The van der Waals surface area contributed by atoms with Crippen molar-refractivity contribution in [1.82, 2.24) is 31.5 Å². The van der Waals surface area contributed by atoms with Gasteiger partial charge in [-0.25, -0.2) is 4.79 Å². The summed E-state index contributed by atoms with van der Waals surface area (Å²) in [4.78, 5) is 78.7. The number of nitrogens with one attached hydrogen (secondary N) is 5. The number of carbonyl (C=O) groups excluding carboxylic acids is 6. The zero-order valence-corrected chi connectivity index (χ0v) is 26.6. The van der Waals surface area contributed by atoms with E-state index in [-0.39, 0.29) is 37.2 Å². The van der Waals surface area contributed by atoms with Crippen LogP contribution in [0.3, 0.4) is 0 Å². The Balaban J connectivity index is 1.90. The van der Waals surface area contributed by atoms with Crippen molar-refractivity contribution in [3.63, 3.8) is 0 Å². The molecule has 7 amide bonds. The van der Waals surface area contributed by atoms with Gasteiger partial charge in [-0.1, -0.05) is 56.3 Å². The van der Waals surface area contributed by atoms with Crippen molar-refractivity contribution in [2.45, 2.75) is 71.1 Å². The van der Waals surface area contributed by atoms with E-state index < -0.39 is 41.9 Å². The molecule has 2 bridgehead atoms. The molecule has 2 aromatic carbocycles. The number of fused-ring (bicyclic) bond motifs is 18. The summed E-state index contributed by atoms with van der Waals surface area (Å²) in [5, 5.41) is 13.4. The van der Waals surface area contributed by atoms with Crippen LogP contribution in [0.5, 0.6) is 0 Å². The van der Waals surface area contributed by atoms with Gasteiger partial charge in [0.25, 0.3) is 5.91 Å². The molecular formula is C33H45N7O6. The van der Waals surface area contributed by atoms with E-state index in [1.807, 2.05) is 44.2 Å². The van der Waals surface area contributed by atoms with Gasteiger partial charge in [0.2, 0.25) is 23.6 Å². The Bertz CT molecular complexity index is 1370. The molecule has 2 aromatic rings. The Kier molecular flexibility index (Phi) is 13.5. The summed E-state index contributed by atoms with van der Waals surface area (Å²) in [6, 6.07) is 12.3. The molecule has 2 aliphatic heterocycles. The number of primary amides is 1. The third-order valence-corrected chi connectivity index (χ3v) is 7.51. The summed E-state index contributed by atoms with van der Waals surface area (Å²) >= 11 is 0. The van der Waals surface area contributed by atoms with Gasteiger partial charge < -0.3 is 37.2 Å². The monoisotopic (exact) mass is 635 g/mol. The van der Waals surface area contributed by atoms with Gasteiger partial charge in [-0.05, 0) is 55.4 Å². The molecule has 13 heteroatoms. The summed E-state index contributed by atoms with van der Waals surface area (Å²) < 4.78 is 0. The summed E-state index contributed by atoms with van der Waals surface area (Å²) in [7, 11) is 0. The predicted octanol–water partition coefficient (Wildman–Crippen LogP) is 0.970. The van der Waals surface area contributed by atoms with Gasteiger partial charge >= 0.3 is 6.03 Å². The maximum absolute atomic E-state index is 13.7. The number of benzene rings is 2. The molecule has 2 aliphatic rings. The zero-order valence-electron chi connectivity index (χ0n) is 26.6. The first-order chi connectivity index (χ1) is 21.9. The van der Waals surface area contributed by atoms with E-state index in [4.69, 9.17) is 5.73 Å². The third-order valence-electron chi connectivity index (χ3n) is 7.51. The van der Waals surface area contributed by atoms with Crippen LogP contribution in [0.25, 0.3) is 0 Å². The third kappa shape index (κ3) is 11.5. The van der Waals surface area contributed by atoms with Crippen LogP contribution < -0.4 is 32.3 Å². The number of nitrogens with zero attached hydrogens (tertiary/aromatic N) is 1. The van der Waals surface area contributed by atoms with Crippen molar-refractivity contribution in [3.8, 4) is 0 Å². The number of nitrogens with two attached hydrogens (primary N) is 1. The highest BCUT2D eigenvalue weighted by Gasteiger charge is 2.29. The van der Waals surface area contributed by atoms with Crippen LogP contribution >= 0.6 is 0 Å². The average Bonchev–Trinajstić information content (AvgIpc) is 3.02. The van der Waals surface area contributed by atoms with Crippen molar-refractivity contribution in [3.05, 3.63) is 71.3 Å². The van der Waals surface area contributed by atoms with Crippen LogP contribution in [-0.4, -0.2) is 78.2 Å². The SMILES string of the molecule is CC(C)C[C@@H]1NC(=O)[C@@H](Cc2ccccc2)NC(=O)c2ccc(cc2)CN(C(=O)CNC(N)=O)CCCCNC(=O)[C@@H](C)NC1=O. The fraction of sp³-hybridized carbons (Fsp3) is 0.455. The second kappa shape index (κ2) is 17.5. The molecule has 0 saturated carbocycles. The van der Waals surface area contributed by atoms with Crippen LogP contribution in [0, 0.1) is 5.92 Å². The molecule has 0 aromatic heterocycles. The predicted molar refractivity (Wildman–Crippen MR) is 172 cm³/mol. The standard InChI is InChI=1S/C33H45N7O6/c1-21(2)17-26-31(44)37-22(3)29(42)35-15-7-8-16-40(28(41)19-36-33(34)46)20-24-11-13-25(14-12-24)30(43)38-27(32(45)39-26)18-23-9-5-4-6-10-23/h4-6,9-14,21-22,26-27H,7-8,15-20H2,1-3H3,(H,35,42)(H,37,44)(H,38,43)(H,39,45)(H3,34,36,46)/t22-,26+,27-/m1/s1. The lowest BCUT2D eigenvalue weighted by molar-refractivity contribution is -0.132. The van der Waals surface area contributed by atoms with E-state index >= 15 is 0 Å². The van der Waals surface area contributed by atoms with Gasteiger partial charge in [-0.15, -0.1) is 0 Å². The molecule has 0 saturated heterocycles. The average molecular weight is 636 g/mol. The maximum Gasteiger partial charge on any atom is 0.312 e. The minimum atomic E-state index is -1.00. The fourth-order valence-corrected chi connectivity index (χ4v) is 5.00. The molecule has 248 valence electrons. The van der Waals surface area contributed by atoms with Gasteiger partial charge in [-0.3, -0.25) is 24.0 Å². The number of amides is 7. The normalized spacial score (nSPS) is 20.5. The molecule has 3 atom stereocenters. The fourth-order valence-electron chi connectivity index (χ4n) is 5.00. The molecule has 4 rings (SSSR count). The summed E-state index contributed by atoms with van der Waals surface area (Å²) in [6.07, 6.45) is 1.60. The van der Waals surface area contributed by atoms with Gasteiger partial charge in [0, 0.05) is 31.6 Å². The molecule has 0 unspecified atom stereocenters. The number of urea groups is 1. The van der Waals surface area contributed by atoms with Crippen LogP contribution in [0.2, 0.25) is 0 Å². The summed E-state index contributed by atoms with van der Waals surface area (Å²) in [5.41, 5.74) is 7.01. The second-order valence-electron chi connectivity index (χ2n) is 11.9.